The molecule has 0 amide bonds. The first-order valence-electron chi connectivity index (χ1n) is 8.52. The first-order chi connectivity index (χ1) is 12.7. The van der Waals surface area contributed by atoms with Crippen LogP contribution in [0.2, 0.25) is 0 Å². The van der Waals surface area contributed by atoms with Crippen molar-refractivity contribution in [2.45, 2.75) is 19.9 Å². The summed E-state index contributed by atoms with van der Waals surface area (Å²) < 4.78 is 37.0. The summed E-state index contributed by atoms with van der Waals surface area (Å²) in [6.07, 6.45) is 3.04. The van der Waals surface area contributed by atoms with E-state index < -0.39 is 10.4 Å². The van der Waals surface area contributed by atoms with E-state index in [4.69, 9.17) is 22.3 Å². The van der Waals surface area contributed by atoms with E-state index in [-0.39, 0.29) is 11.7 Å². The number of Topliss-reactive ketones (excluding diaryl/α,β-unsaturated/α-hetero) is 1. The molecular weight excluding hydrogens is 372 g/mol. The number of aromatic amines is 1. The van der Waals surface area contributed by atoms with Gasteiger partial charge in [0.15, 0.2) is 5.78 Å². The number of ether oxygens (including phenoxy) is 1. The van der Waals surface area contributed by atoms with Crippen LogP contribution in [0, 0.1) is 5.92 Å². The Labute approximate surface area is 157 Å². The zero-order valence-corrected chi connectivity index (χ0v) is 15.9. The molecule has 3 N–H and O–H groups in total. The molecule has 146 valence electrons. The Morgan fingerprint density at radius 3 is 2.63 bits per heavy atom. The average Bonchev–Trinajstić information content (AvgIpc) is 2.96. The predicted molar refractivity (Wildman–Crippen MR) is 100 cm³/mol. The number of benzene rings is 1. The Bertz CT molecular complexity index is 1000. The molecule has 4 heterocycles. The third-order valence-electron chi connectivity index (χ3n) is 5.03. The normalized spacial score (nSPS) is 23.4. The van der Waals surface area contributed by atoms with Crippen molar-refractivity contribution in [3.05, 3.63) is 41.1 Å². The second-order valence-electron chi connectivity index (χ2n) is 6.59. The molecule has 2 bridgehead atoms. The molecule has 1 aromatic carbocycles. The van der Waals surface area contributed by atoms with E-state index in [0.29, 0.717) is 0 Å². The number of fused-ring (bicyclic) bond motifs is 3. The Kier molecular flexibility index (Phi) is 5.38. The minimum atomic E-state index is -4.67. The Hall–Kier alpha value is -2.20. The molecule has 1 saturated heterocycles. The van der Waals surface area contributed by atoms with E-state index in [1.807, 2.05) is 19.1 Å². The van der Waals surface area contributed by atoms with Crippen molar-refractivity contribution in [3.8, 4) is 5.75 Å². The number of allylic oxidation sites excluding steroid dienone is 1. The highest BCUT2D eigenvalue weighted by Crippen LogP contribution is 2.37. The van der Waals surface area contributed by atoms with Crippen LogP contribution in [-0.4, -0.2) is 53.4 Å². The number of piperidine rings is 1. The van der Waals surface area contributed by atoms with Crippen molar-refractivity contribution in [1.29, 1.82) is 0 Å². The van der Waals surface area contributed by atoms with Crippen LogP contribution in [0.15, 0.2) is 29.8 Å². The lowest BCUT2D eigenvalue weighted by molar-refractivity contribution is 0.0875. The van der Waals surface area contributed by atoms with Crippen LogP contribution < -0.4 is 4.74 Å². The fourth-order valence-corrected chi connectivity index (χ4v) is 3.86. The van der Waals surface area contributed by atoms with Gasteiger partial charge in [-0.1, -0.05) is 18.2 Å². The highest BCUT2D eigenvalue weighted by Gasteiger charge is 2.35. The lowest BCUT2D eigenvalue weighted by atomic mass is 9.83. The topological polar surface area (TPSA) is 120 Å². The average molecular weight is 394 g/mol. The number of methoxy groups -OCH3 is 1. The lowest BCUT2D eigenvalue weighted by Gasteiger charge is -2.36. The van der Waals surface area contributed by atoms with Gasteiger partial charge in [0, 0.05) is 30.0 Å². The highest BCUT2D eigenvalue weighted by molar-refractivity contribution is 7.79. The van der Waals surface area contributed by atoms with E-state index in [1.54, 1.807) is 7.11 Å². The molecule has 1 aromatic heterocycles. The third kappa shape index (κ3) is 4.06. The molecule has 2 atom stereocenters. The van der Waals surface area contributed by atoms with Gasteiger partial charge < -0.3 is 9.72 Å². The van der Waals surface area contributed by atoms with Crippen LogP contribution in [0.4, 0.5) is 0 Å². The summed E-state index contributed by atoms with van der Waals surface area (Å²) in [6.45, 7) is 4.75. The SMILES string of the molecule is C/C=C1/CN2CCC1C(=O)c1[nH]c3c(OC)cccc3c1C2.O=S(=O)(O)O. The first-order valence-corrected chi connectivity index (χ1v) is 9.91. The van der Waals surface area contributed by atoms with E-state index in [2.05, 4.69) is 22.0 Å². The number of nitrogens with zero attached hydrogens (tertiary/aromatic N) is 1. The minimum Gasteiger partial charge on any atom is -0.495 e. The molecule has 5 rings (SSSR count). The number of para-hydroxylation sites is 1. The van der Waals surface area contributed by atoms with Gasteiger partial charge in [-0.25, -0.2) is 0 Å². The van der Waals surface area contributed by atoms with Crippen molar-refractivity contribution in [2.75, 3.05) is 20.2 Å². The van der Waals surface area contributed by atoms with Crippen LogP contribution in [0.3, 0.4) is 0 Å². The molecule has 0 spiro atoms. The summed E-state index contributed by atoms with van der Waals surface area (Å²) in [7, 11) is -3.00. The number of H-pyrrole nitrogens is 1. The zero-order chi connectivity index (χ0) is 19.8. The highest BCUT2D eigenvalue weighted by atomic mass is 32.3. The summed E-state index contributed by atoms with van der Waals surface area (Å²) in [4.78, 5) is 18.8. The van der Waals surface area contributed by atoms with E-state index in [0.717, 1.165) is 54.0 Å². The first kappa shape index (κ1) is 19.6. The number of hydrogen-bond donors (Lipinski definition) is 3. The lowest BCUT2D eigenvalue weighted by Crippen LogP contribution is -2.40. The summed E-state index contributed by atoms with van der Waals surface area (Å²) in [5.41, 5.74) is 4.09. The van der Waals surface area contributed by atoms with Crippen LogP contribution in [0.5, 0.6) is 5.75 Å². The van der Waals surface area contributed by atoms with Gasteiger partial charge >= 0.3 is 10.4 Å². The Balaban J connectivity index is 0.000000376. The molecule has 2 aromatic rings. The van der Waals surface area contributed by atoms with Gasteiger partial charge in [0.1, 0.15) is 5.75 Å². The van der Waals surface area contributed by atoms with Crippen LogP contribution >= 0.6 is 0 Å². The molecule has 9 heteroatoms. The molecule has 27 heavy (non-hydrogen) atoms. The maximum absolute atomic E-state index is 13.1. The minimum absolute atomic E-state index is 0.0272. The second kappa shape index (κ2) is 7.43. The standard InChI is InChI=1S/C18H20N2O2.H2O4S/c1-3-11-9-20-8-7-12(11)18(21)17-14(10-20)13-5-4-6-15(22-2)16(13)19-17;1-5(2,3)4/h3-6,12,19H,7-10H2,1-2H3;(H2,1,2,3,4)/b11-3-;. The number of carbonyl (C=O) groups excluding carboxylic acids is 1. The van der Waals surface area contributed by atoms with Gasteiger partial charge in [0.2, 0.25) is 0 Å². The third-order valence-corrected chi connectivity index (χ3v) is 5.03. The Morgan fingerprint density at radius 1 is 1.30 bits per heavy atom. The summed E-state index contributed by atoms with van der Waals surface area (Å²) in [5, 5.41) is 1.11. The molecule has 3 aliphatic rings. The molecule has 0 aliphatic carbocycles. The summed E-state index contributed by atoms with van der Waals surface area (Å²) >= 11 is 0. The number of nitrogens with one attached hydrogen (secondary N) is 1. The van der Waals surface area contributed by atoms with Crippen LogP contribution in [0.1, 0.15) is 29.4 Å². The predicted octanol–water partition coefficient (Wildman–Crippen LogP) is 2.49. The van der Waals surface area contributed by atoms with Crippen molar-refractivity contribution in [2.24, 2.45) is 5.92 Å². The molecule has 0 saturated carbocycles. The molecule has 3 aliphatic heterocycles. The number of hydrogen-bond acceptors (Lipinski definition) is 5. The monoisotopic (exact) mass is 394 g/mol. The molecule has 2 unspecified atom stereocenters. The van der Waals surface area contributed by atoms with Gasteiger partial charge in [-0.05, 0) is 31.5 Å². The van der Waals surface area contributed by atoms with E-state index in [1.165, 1.54) is 5.57 Å². The van der Waals surface area contributed by atoms with Crippen LogP contribution in [-0.2, 0) is 16.9 Å². The van der Waals surface area contributed by atoms with E-state index in [9.17, 15) is 4.79 Å². The van der Waals surface area contributed by atoms with Crippen molar-refractivity contribution < 1.29 is 27.1 Å². The smallest absolute Gasteiger partial charge is 0.394 e. The van der Waals surface area contributed by atoms with E-state index >= 15 is 0 Å². The number of ketones is 1. The van der Waals surface area contributed by atoms with Crippen molar-refractivity contribution in [1.82, 2.24) is 9.88 Å². The zero-order valence-electron chi connectivity index (χ0n) is 15.1. The number of carbonyl (C=O) groups is 1. The van der Waals surface area contributed by atoms with Crippen LogP contribution in [0.25, 0.3) is 10.9 Å². The van der Waals surface area contributed by atoms with Gasteiger partial charge in [0.25, 0.3) is 0 Å². The molecule has 8 nitrogen and oxygen atoms in total. The van der Waals surface area contributed by atoms with Gasteiger partial charge in [-0.3, -0.25) is 18.8 Å². The largest absolute Gasteiger partial charge is 0.495 e. The molecule has 1 fully saturated rings. The molecular formula is C18H22N2O6S. The van der Waals surface area contributed by atoms with Gasteiger partial charge in [-0.2, -0.15) is 8.42 Å². The number of aromatic nitrogens is 1. The maximum Gasteiger partial charge on any atom is 0.394 e. The number of rotatable bonds is 1. The summed E-state index contributed by atoms with van der Waals surface area (Å²) in [6, 6.07) is 6.00. The second-order valence-corrected chi connectivity index (χ2v) is 7.48. The van der Waals surface area contributed by atoms with Gasteiger partial charge in [0.05, 0.1) is 18.3 Å². The summed E-state index contributed by atoms with van der Waals surface area (Å²) in [5.74, 6) is 1.06. The van der Waals surface area contributed by atoms with Crippen molar-refractivity contribution >= 4 is 27.1 Å². The fraction of sp³-hybridized carbons (Fsp3) is 0.389. The van der Waals surface area contributed by atoms with Gasteiger partial charge in [-0.15, -0.1) is 0 Å². The quantitative estimate of drug-likeness (QED) is 0.502. The maximum atomic E-state index is 13.1. The Morgan fingerprint density at radius 2 is 2.00 bits per heavy atom. The van der Waals surface area contributed by atoms with Crippen molar-refractivity contribution in [3.63, 3.8) is 0 Å². The fourth-order valence-electron chi connectivity index (χ4n) is 3.86. The molecule has 0 radical (unpaired) electrons.